The topological polar surface area (TPSA) is 127 Å². The number of aliphatic hydroxyl groups excluding tert-OH is 1. The minimum atomic E-state index is -3.93. The van der Waals surface area contributed by atoms with E-state index in [-0.39, 0.29) is 55.6 Å². The summed E-state index contributed by atoms with van der Waals surface area (Å²) >= 11 is 0. The fourth-order valence-corrected chi connectivity index (χ4v) is 9.16. The van der Waals surface area contributed by atoms with Gasteiger partial charge in [0.2, 0.25) is 23.1 Å². The monoisotopic (exact) mass is 767 g/mol. The summed E-state index contributed by atoms with van der Waals surface area (Å²) in [7, 11) is -2.42. The second kappa shape index (κ2) is 16.0. The van der Waals surface area contributed by atoms with Crippen LogP contribution in [0.4, 0.5) is 0 Å². The van der Waals surface area contributed by atoms with Gasteiger partial charge in [0.05, 0.1) is 25.2 Å². The number of carbonyl (C=O) groups excluding carboxylic acids is 1. The highest BCUT2D eigenvalue weighted by molar-refractivity contribution is 7.89. The van der Waals surface area contributed by atoms with Gasteiger partial charge in [0, 0.05) is 58.2 Å². The summed E-state index contributed by atoms with van der Waals surface area (Å²) in [5.41, 5.74) is 7.19. The van der Waals surface area contributed by atoms with Gasteiger partial charge in [0.25, 0.3) is 5.91 Å². The molecule has 1 N–H and O–H groups in total. The largest absolute Gasteiger partial charge is 0.497 e. The number of benzene rings is 4. The fraction of sp³-hybridized carbons (Fsp3) is 0.357. The molecule has 13 heteroatoms. The van der Waals surface area contributed by atoms with Crippen LogP contribution in [0, 0.1) is 0 Å². The molecule has 1 fully saturated rings. The maximum Gasteiger partial charge on any atom is 0.288 e. The molecule has 4 aromatic rings. The van der Waals surface area contributed by atoms with Crippen LogP contribution >= 0.6 is 0 Å². The van der Waals surface area contributed by atoms with Gasteiger partial charge in [-0.2, -0.15) is 4.31 Å². The normalized spacial score (nSPS) is 19.1. The van der Waals surface area contributed by atoms with Crippen molar-refractivity contribution >= 4 is 15.9 Å². The molecule has 0 unspecified atom stereocenters. The van der Waals surface area contributed by atoms with E-state index in [1.807, 2.05) is 29.2 Å². The number of allylic oxidation sites excluding steroid dienone is 1. The summed E-state index contributed by atoms with van der Waals surface area (Å²) in [6.45, 7) is 2.96. The van der Waals surface area contributed by atoms with Gasteiger partial charge in [0.1, 0.15) is 5.75 Å². The van der Waals surface area contributed by atoms with Crippen molar-refractivity contribution in [1.29, 1.82) is 0 Å². The first-order chi connectivity index (χ1) is 26.8. The van der Waals surface area contributed by atoms with Gasteiger partial charge < -0.3 is 33.7 Å². The summed E-state index contributed by atoms with van der Waals surface area (Å²) in [6.07, 6.45) is 2.40. The molecule has 3 aliphatic heterocycles. The summed E-state index contributed by atoms with van der Waals surface area (Å²) in [6, 6.07) is 27.0. The Hall–Kier alpha value is -4.92. The molecule has 288 valence electrons. The third-order valence-electron chi connectivity index (χ3n) is 10.7. The Balaban J connectivity index is 0.964. The molecule has 0 radical (unpaired) electrons. The van der Waals surface area contributed by atoms with Gasteiger partial charge in [-0.05, 0) is 82.3 Å². The zero-order valence-electron chi connectivity index (χ0n) is 30.8. The summed E-state index contributed by atoms with van der Waals surface area (Å²) < 4.78 is 56.9. The predicted molar refractivity (Wildman–Crippen MR) is 204 cm³/mol. The SMILES string of the molecule is COc1ccc(S(=O)(=O)N(CCO)CCO[C@@H]2C[C@H](c3ccc4c(c3)Cc3ccccc3-4)C=C(C(=O)N3CCN(Cc4ccc5c(c4)OCO5)CC3)O2)cc1. The molecule has 0 saturated carbocycles. The van der Waals surface area contributed by atoms with Crippen molar-refractivity contribution in [1.82, 2.24) is 14.1 Å². The first-order valence-corrected chi connectivity index (χ1v) is 20.1. The number of amides is 1. The molecule has 8 rings (SSSR count). The molecule has 1 amide bonds. The lowest BCUT2D eigenvalue weighted by molar-refractivity contribution is -0.154. The molecule has 55 heavy (non-hydrogen) atoms. The maximum atomic E-state index is 14.1. The summed E-state index contributed by atoms with van der Waals surface area (Å²) in [5.74, 6) is 1.91. The Morgan fingerprint density at radius 1 is 0.891 bits per heavy atom. The number of fused-ring (bicyclic) bond motifs is 4. The highest BCUT2D eigenvalue weighted by atomic mass is 32.2. The predicted octanol–water partition coefficient (Wildman–Crippen LogP) is 4.75. The number of piperazine rings is 1. The third-order valence-corrected chi connectivity index (χ3v) is 12.6. The zero-order chi connectivity index (χ0) is 37.9. The van der Waals surface area contributed by atoms with Crippen molar-refractivity contribution in [2.75, 3.05) is 66.4 Å². The number of ether oxygens (including phenoxy) is 5. The van der Waals surface area contributed by atoms with Gasteiger partial charge in [-0.1, -0.05) is 48.5 Å². The maximum absolute atomic E-state index is 14.1. The number of carbonyl (C=O) groups is 1. The van der Waals surface area contributed by atoms with E-state index in [1.54, 1.807) is 12.1 Å². The number of rotatable bonds is 13. The first kappa shape index (κ1) is 37.0. The van der Waals surface area contributed by atoms with Crippen molar-refractivity contribution < 1.29 is 42.0 Å². The number of hydrogen-bond acceptors (Lipinski definition) is 10. The number of methoxy groups -OCH3 is 1. The lowest BCUT2D eigenvalue weighted by atomic mass is 9.90. The number of hydrogen-bond donors (Lipinski definition) is 1. The van der Waals surface area contributed by atoms with Crippen molar-refractivity contribution in [3.63, 3.8) is 0 Å². The van der Waals surface area contributed by atoms with Gasteiger partial charge in [-0.3, -0.25) is 9.69 Å². The standard InChI is InChI=1S/C42H45N3O9S/c1-50-34-8-10-35(11-9-34)55(48,49)45(18-20-46)19-21-51-41-26-32(30-7-12-37-33(23-30)24-31-4-2-3-5-36(31)37)25-40(54-41)42(47)44-16-14-43(15-17-44)27-29-6-13-38-39(22-29)53-28-52-38/h2-13,22-23,25,32,41,46H,14-21,24,26-28H2,1H3/t32-,41+/m1/s1. The van der Waals surface area contributed by atoms with Crippen molar-refractivity contribution in [2.24, 2.45) is 0 Å². The van der Waals surface area contributed by atoms with Crippen LogP contribution in [-0.2, 0) is 37.3 Å². The molecule has 1 aliphatic carbocycles. The Kier molecular flexibility index (Phi) is 10.8. The lowest BCUT2D eigenvalue weighted by Gasteiger charge is -2.37. The van der Waals surface area contributed by atoms with Crippen LogP contribution in [0.2, 0.25) is 0 Å². The Morgan fingerprint density at radius 2 is 1.67 bits per heavy atom. The van der Waals surface area contributed by atoms with Gasteiger partial charge in [-0.15, -0.1) is 0 Å². The highest BCUT2D eigenvalue weighted by Gasteiger charge is 2.34. The molecule has 2 atom stereocenters. The minimum absolute atomic E-state index is 0.00767. The second-order valence-electron chi connectivity index (χ2n) is 14.1. The van der Waals surface area contributed by atoms with Crippen LogP contribution in [0.3, 0.4) is 0 Å². The van der Waals surface area contributed by atoms with E-state index >= 15 is 0 Å². The molecule has 3 heterocycles. The van der Waals surface area contributed by atoms with Crippen molar-refractivity contribution in [3.05, 3.63) is 119 Å². The quantitative estimate of drug-likeness (QED) is 0.179. The smallest absolute Gasteiger partial charge is 0.288 e. The first-order valence-electron chi connectivity index (χ1n) is 18.7. The lowest BCUT2D eigenvalue weighted by Crippen LogP contribution is -2.49. The van der Waals surface area contributed by atoms with E-state index in [2.05, 4.69) is 47.4 Å². The zero-order valence-corrected chi connectivity index (χ0v) is 31.6. The molecule has 1 saturated heterocycles. The minimum Gasteiger partial charge on any atom is -0.497 e. The summed E-state index contributed by atoms with van der Waals surface area (Å²) in [5, 5.41) is 9.75. The number of aliphatic hydroxyl groups is 1. The number of sulfonamides is 1. The highest BCUT2D eigenvalue weighted by Crippen LogP contribution is 2.40. The van der Waals surface area contributed by atoms with Crippen LogP contribution in [0.15, 0.2) is 102 Å². The molecule has 4 aliphatic rings. The van der Waals surface area contributed by atoms with Crippen LogP contribution < -0.4 is 14.2 Å². The average molecular weight is 768 g/mol. The van der Waals surface area contributed by atoms with E-state index in [1.165, 1.54) is 45.8 Å². The van der Waals surface area contributed by atoms with E-state index in [4.69, 9.17) is 23.7 Å². The molecular formula is C42H45N3O9S. The van der Waals surface area contributed by atoms with Gasteiger partial charge in [0.15, 0.2) is 17.3 Å². The van der Waals surface area contributed by atoms with Gasteiger partial charge in [-0.25, -0.2) is 8.42 Å². The molecule has 12 nitrogen and oxygen atoms in total. The van der Waals surface area contributed by atoms with E-state index in [0.717, 1.165) is 35.6 Å². The van der Waals surface area contributed by atoms with Crippen LogP contribution in [0.25, 0.3) is 11.1 Å². The van der Waals surface area contributed by atoms with E-state index < -0.39 is 16.3 Å². The number of nitrogens with zero attached hydrogens (tertiary/aromatic N) is 3. The fourth-order valence-electron chi connectivity index (χ4n) is 7.75. The molecule has 0 bridgehead atoms. The molecular weight excluding hydrogens is 723 g/mol. The molecule has 4 aromatic carbocycles. The average Bonchev–Trinajstić information content (AvgIpc) is 3.84. The third kappa shape index (κ3) is 7.94. The Morgan fingerprint density at radius 3 is 2.47 bits per heavy atom. The van der Waals surface area contributed by atoms with E-state index in [9.17, 15) is 18.3 Å². The van der Waals surface area contributed by atoms with Crippen LogP contribution in [0.5, 0.6) is 17.2 Å². The van der Waals surface area contributed by atoms with E-state index in [0.29, 0.717) is 38.3 Å². The molecule has 0 spiro atoms. The van der Waals surface area contributed by atoms with Crippen molar-refractivity contribution in [3.8, 4) is 28.4 Å². The van der Waals surface area contributed by atoms with Gasteiger partial charge >= 0.3 is 0 Å². The molecule has 0 aromatic heterocycles. The summed E-state index contributed by atoms with van der Waals surface area (Å²) in [4.78, 5) is 18.3. The Bertz CT molecular complexity index is 2170. The second-order valence-corrected chi connectivity index (χ2v) is 16.0. The van der Waals surface area contributed by atoms with Crippen molar-refractivity contribution in [2.45, 2.75) is 36.5 Å². The van der Waals surface area contributed by atoms with Crippen LogP contribution in [0.1, 0.15) is 34.6 Å². The Labute approximate surface area is 321 Å². The van der Waals surface area contributed by atoms with Crippen LogP contribution in [-0.4, -0.2) is 106 Å².